The van der Waals surface area contributed by atoms with E-state index in [1.54, 1.807) is 6.92 Å². The third kappa shape index (κ3) is 6.35. The number of halogens is 1. The van der Waals surface area contributed by atoms with E-state index in [2.05, 4.69) is 29.5 Å². The summed E-state index contributed by atoms with van der Waals surface area (Å²) >= 11 is 0. The summed E-state index contributed by atoms with van der Waals surface area (Å²) < 4.78 is 23.8. The largest absolute Gasteiger partial charge is 0.491 e. The molecule has 0 amide bonds. The van der Waals surface area contributed by atoms with Crippen molar-refractivity contribution in [2.45, 2.75) is 32.6 Å². The highest BCUT2D eigenvalue weighted by molar-refractivity contribution is 5.49. The van der Waals surface area contributed by atoms with Gasteiger partial charge in [0.25, 0.3) is 0 Å². The number of aryl methyl sites for hydroxylation is 1. The van der Waals surface area contributed by atoms with Crippen molar-refractivity contribution in [3.63, 3.8) is 0 Å². The Kier molecular flexibility index (Phi) is 7.67. The van der Waals surface area contributed by atoms with Gasteiger partial charge >= 0.3 is 0 Å². The highest BCUT2D eigenvalue weighted by atomic mass is 19.1. The molecule has 5 heteroatoms. The van der Waals surface area contributed by atoms with Crippen LogP contribution in [0.5, 0.6) is 0 Å². The topological polar surface area (TPSA) is 43.4 Å². The molecular weight excluding hydrogens is 319 g/mol. The second-order valence-corrected chi connectivity index (χ2v) is 6.13. The van der Waals surface area contributed by atoms with Gasteiger partial charge in [0.15, 0.2) is 0 Å². The Morgan fingerprint density at radius 3 is 2.84 bits per heavy atom. The van der Waals surface area contributed by atoms with Crippen LogP contribution in [0.15, 0.2) is 48.7 Å². The quantitative estimate of drug-likeness (QED) is 0.389. The summed E-state index contributed by atoms with van der Waals surface area (Å²) in [6, 6.07) is 2.12. The first-order valence-electron chi connectivity index (χ1n) is 8.71. The predicted octanol–water partition coefficient (Wildman–Crippen LogP) is 4.35. The molecule has 0 radical (unpaired) electrons. The van der Waals surface area contributed by atoms with Crippen molar-refractivity contribution < 1.29 is 13.9 Å². The van der Waals surface area contributed by atoms with Gasteiger partial charge in [0.1, 0.15) is 24.0 Å². The number of hydrogen-bond donors (Lipinski definition) is 1. The lowest BCUT2D eigenvalue weighted by atomic mass is 9.92. The number of anilines is 1. The first-order valence-corrected chi connectivity index (χ1v) is 8.71. The number of hydrogen-bond acceptors (Lipinski definition) is 4. The Balaban J connectivity index is 1.66. The summed E-state index contributed by atoms with van der Waals surface area (Å²) in [5.74, 6) is 0.821. The first-order chi connectivity index (χ1) is 12.1. The van der Waals surface area contributed by atoms with Crippen molar-refractivity contribution in [3.05, 3.63) is 59.8 Å². The van der Waals surface area contributed by atoms with Crippen LogP contribution >= 0.6 is 0 Å². The fraction of sp³-hybridized carbons (Fsp3) is 0.450. The standard InChI is InChI=1S/C20H27FN2O2/c1-15(2)19(14-16(3)21)25-13-12-24-11-10-23-20-18-7-5-4-6-17(18)8-9-22-20/h8-9,14H,1,3-7,10-13H2,2H3,(H,22,23)/b19-14+. The second kappa shape index (κ2) is 9.99. The lowest BCUT2D eigenvalue weighted by Gasteiger charge is -2.19. The van der Waals surface area contributed by atoms with Crippen molar-refractivity contribution in [3.8, 4) is 0 Å². The van der Waals surface area contributed by atoms with Gasteiger partial charge in [-0.15, -0.1) is 0 Å². The van der Waals surface area contributed by atoms with Crippen molar-refractivity contribution in [1.29, 1.82) is 0 Å². The lowest BCUT2D eigenvalue weighted by molar-refractivity contribution is 0.0833. The van der Waals surface area contributed by atoms with Gasteiger partial charge in [-0.25, -0.2) is 9.37 Å². The van der Waals surface area contributed by atoms with Crippen molar-refractivity contribution >= 4 is 5.82 Å². The molecule has 2 rings (SSSR count). The summed E-state index contributed by atoms with van der Waals surface area (Å²) in [6.07, 6.45) is 7.82. The molecule has 0 saturated heterocycles. The smallest absolute Gasteiger partial charge is 0.129 e. The molecule has 1 aromatic rings. The van der Waals surface area contributed by atoms with E-state index in [-0.39, 0.29) is 0 Å². The maximum atomic E-state index is 12.8. The van der Waals surface area contributed by atoms with Crippen LogP contribution in [0, 0.1) is 0 Å². The first kappa shape index (κ1) is 19.2. The zero-order chi connectivity index (χ0) is 18.1. The monoisotopic (exact) mass is 346 g/mol. The van der Waals surface area contributed by atoms with E-state index in [0.717, 1.165) is 18.7 Å². The molecule has 1 aromatic heterocycles. The zero-order valence-corrected chi connectivity index (χ0v) is 14.9. The molecule has 1 aliphatic carbocycles. The van der Waals surface area contributed by atoms with E-state index in [0.29, 0.717) is 37.7 Å². The fourth-order valence-electron chi connectivity index (χ4n) is 2.80. The van der Waals surface area contributed by atoms with Gasteiger partial charge in [-0.1, -0.05) is 13.2 Å². The third-order valence-electron chi connectivity index (χ3n) is 4.01. The van der Waals surface area contributed by atoms with Gasteiger partial charge < -0.3 is 14.8 Å². The number of nitrogens with zero attached hydrogens (tertiary/aromatic N) is 1. The number of nitrogens with one attached hydrogen (secondary N) is 1. The van der Waals surface area contributed by atoms with Crippen molar-refractivity contribution in [2.75, 3.05) is 31.7 Å². The summed E-state index contributed by atoms with van der Waals surface area (Å²) in [5.41, 5.74) is 3.41. The van der Waals surface area contributed by atoms with E-state index in [1.165, 1.54) is 30.0 Å². The lowest BCUT2D eigenvalue weighted by Crippen LogP contribution is -2.16. The minimum atomic E-state index is -0.554. The number of rotatable bonds is 10. The molecule has 0 unspecified atom stereocenters. The molecule has 0 spiro atoms. The average molecular weight is 346 g/mol. The molecule has 1 N–H and O–H groups in total. The van der Waals surface area contributed by atoms with Gasteiger partial charge in [0, 0.05) is 18.8 Å². The predicted molar refractivity (Wildman–Crippen MR) is 99.3 cm³/mol. The van der Waals surface area contributed by atoms with Crippen LogP contribution in [0.4, 0.5) is 10.2 Å². The molecule has 0 atom stereocenters. The van der Waals surface area contributed by atoms with Gasteiger partial charge in [-0.2, -0.15) is 0 Å². The van der Waals surface area contributed by atoms with Gasteiger partial charge in [-0.3, -0.25) is 0 Å². The molecule has 1 heterocycles. The number of allylic oxidation sites excluding steroid dienone is 3. The van der Waals surface area contributed by atoms with Crippen LogP contribution < -0.4 is 5.32 Å². The Hall–Kier alpha value is -2.14. The Morgan fingerprint density at radius 1 is 1.28 bits per heavy atom. The second-order valence-electron chi connectivity index (χ2n) is 6.13. The SMILES string of the molecule is C=C(F)/C=C(/OCCOCCNc1nccc2c1CCCC2)C(=C)C. The molecule has 136 valence electrons. The molecule has 0 aliphatic heterocycles. The molecule has 0 saturated carbocycles. The maximum Gasteiger partial charge on any atom is 0.129 e. The summed E-state index contributed by atoms with van der Waals surface area (Å²) in [5, 5.41) is 3.35. The number of fused-ring (bicyclic) bond motifs is 1. The molecule has 0 bridgehead atoms. The van der Waals surface area contributed by atoms with E-state index in [1.807, 2.05) is 6.20 Å². The molecular formula is C20H27FN2O2. The third-order valence-corrected chi connectivity index (χ3v) is 4.01. The number of ether oxygens (including phenoxy) is 2. The zero-order valence-electron chi connectivity index (χ0n) is 14.9. The highest BCUT2D eigenvalue weighted by Gasteiger charge is 2.13. The normalized spacial score (nSPS) is 13.9. The minimum Gasteiger partial charge on any atom is -0.491 e. The molecule has 0 aromatic carbocycles. The van der Waals surface area contributed by atoms with E-state index >= 15 is 0 Å². The van der Waals surface area contributed by atoms with E-state index in [4.69, 9.17) is 9.47 Å². The van der Waals surface area contributed by atoms with Crippen LogP contribution in [-0.2, 0) is 22.3 Å². The Bertz CT molecular complexity index is 641. The summed E-state index contributed by atoms with van der Waals surface area (Å²) in [7, 11) is 0. The van der Waals surface area contributed by atoms with E-state index < -0.39 is 5.83 Å². The van der Waals surface area contributed by atoms with Gasteiger partial charge in [-0.05, 0) is 55.4 Å². The van der Waals surface area contributed by atoms with Crippen LogP contribution in [-0.4, -0.2) is 31.3 Å². The highest BCUT2D eigenvalue weighted by Crippen LogP contribution is 2.25. The molecule has 4 nitrogen and oxygen atoms in total. The Morgan fingerprint density at radius 2 is 2.08 bits per heavy atom. The average Bonchev–Trinajstić information content (AvgIpc) is 2.59. The van der Waals surface area contributed by atoms with E-state index in [9.17, 15) is 4.39 Å². The minimum absolute atomic E-state index is 0.338. The number of pyridine rings is 1. The number of aromatic nitrogens is 1. The molecule has 25 heavy (non-hydrogen) atoms. The van der Waals surface area contributed by atoms with Crippen LogP contribution in [0.1, 0.15) is 30.9 Å². The summed E-state index contributed by atoms with van der Waals surface area (Å²) in [4.78, 5) is 4.44. The van der Waals surface area contributed by atoms with Crippen molar-refractivity contribution in [1.82, 2.24) is 4.98 Å². The molecule has 1 aliphatic rings. The van der Waals surface area contributed by atoms with Gasteiger partial charge in [0.2, 0.25) is 0 Å². The van der Waals surface area contributed by atoms with Crippen LogP contribution in [0.3, 0.4) is 0 Å². The maximum absolute atomic E-state index is 12.8. The molecule has 0 fully saturated rings. The van der Waals surface area contributed by atoms with Crippen LogP contribution in [0.25, 0.3) is 0 Å². The fourth-order valence-corrected chi connectivity index (χ4v) is 2.80. The Labute approximate surface area is 149 Å². The van der Waals surface area contributed by atoms with Gasteiger partial charge in [0.05, 0.1) is 13.2 Å². The van der Waals surface area contributed by atoms with Crippen molar-refractivity contribution in [2.24, 2.45) is 0 Å². The summed E-state index contributed by atoms with van der Waals surface area (Å²) in [6.45, 7) is 10.7. The van der Waals surface area contributed by atoms with Crippen LogP contribution in [0.2, 0.25) is 0 Å².